The first-order valence-corrected chi connectivity index (χ1v) is 9.05. The smallest absolute Gasteiger partial charge is 0.325 e. The predicted molar refractivity (Wildman–Crippen MR) is 94.4 cm³/mol. The Bertz CT molecular complexity index is 748. The molecule has 2 atom stereocenters. The van der Waals surface area contributed by atoms with E-state index in [4.69, 9.17) is 0 Å². The molecule has 2 saturated heterocycles. The molecule has 0 unspecified atom stereocenters. The molecular weight excluding hydrogens is 334 g/mol. The molecule has 4 rings (SSSR count). The Labute approximate surface area is 151 Å². The van der Waals surface area contributed by atoms with Gasteiger partial charge in [-0.1, -0.05) is 0 Å². The molecule has 0 aromatic carbocycles. The number of nitrogens with zero attached hydrogens (tertiary/aromatic N) is 3. The molecule has 1 aromatic heterocycles. The van der Waals surface area contributed by atoms with Crippen LogP contribution in [-0.4, -0.2) is 60.0 Å². The highest BCUT2D eigenvalue weighted by Gasteiger charge is 2.43. The first-order chi connectivity index (χ1) is 12.5. The molecule has 3 fully saturated rings. The molecule has 1 aromatic rings. The lowest BCUT2D eigenvalue weighted by Gasteiger charge is -2.21. The third-order valence-corrected chi connectivity index (χ3v) is 5.39. The summed E-state index contributed by atoms with van der Waals surface area (Å²) in [5.41, 5.74) is 2.10. The van der Waals surface area contributed by atoms with Crippen molar-refractivity contribution in [2.75, 3.05) is 31.1 Å². The molecule has 3 aliphatic rings. The Morgan fingerprint density at radius 3 is 2.81 bits per heavy atom. The largest absolute Gasteiger partial charge is 0.369 e. The summed E-state index contributed by atoms with van der Waals surface area (Å²) in [5, 5.41) is 5.29. The second-order valence-electron chi connectivity index (χ2n) is 7.45. The van der Waals surface area contributed by atoms with Crippen molar-refractivity contribution in [2.24, 2.45) is 11.8 Å². The third-order valence-electron chi connectivity index (χ3n) is 5.39. The second-order valence-corrected chi connectivity index (χ2v) is 7.45. The van der Waals surface area contributed by atoms with Crippen LogP contribution in [0.15, 0.2) is 18.3 Å². The fourth-order valence-electron chi connectivity index (χ4n) is 3.96. The lowest BCUT2D eigenvalue weighted by Crippen LogP contribution is -2.46. The van der Waals surface area contributed by atoms with Crippen molar-refractivity contribution in [1.82, 2.24) is 20.5 Å². The maximum atomic E-state index is 12.4. The maximum absolute atomic E-state index is 12.4. The Balaban J connectivity index is 1.40. The maximum Gasteiger partial charge on any atom is 0.325 e. The number of rotatable bonds is 5. The highest BCUT2D eigenvalue weighted by Crippen LogP contribution is 2.42. The van der Waals surface area contributed by atoms with Gasteiger partial charge in [0, 0.05) is 36.6 Å². The summed E-state index contributed by atoms with van der Waals surface area (Å²) < 4.78 is 0. The fourth-order valence-corrected chi connectivity index (χ4v) is 3.96. The number of urea groups is 1. The van der Waals surface area contributed by atoms with Crippen molar-refractivity contribution < 1.29 is 14.4 Å². The van der Waals surface area contributed by atoms with Gasteiger partial charge in [0.25, 0.3) is 0 Å². The van der Waals surface area contributed by atoms with Gasteiger partial charge in [0.1, 0.15) is 13.1 Å². The molecule has 0 bridgehead atoms. The number of amides is 4. The van der Waals surface area contributed by atoms with Crippen molar-refractivity contribution in [3.8, 4) is 0 Å². The molecule has 8 heteroatoms. The van der Waals surface area contributed by atoms with E-state index >= 15 is 0 Å². The highest BCUT2D eigenvalue weighted by atomic mass is 16.2. The summed E-state index contributed by atoms with van der Waals surface area (Å²) in [6, 6.07) is 3.63. The van der Waals surface area contributed by atoms with Crippen LogP contribution in [0, 0.1) is 18.8 Å². The number of hydrogen-bond acceptors (Lipinski definition) is 5. The number of nitrogens with one attached hydrogen (secondary N) is 2. The van der Waals surface area contributed by atoms with Crippen LogP contribution in [-0.2, 0) is 9.59 Å². The molecule has 138 valence electrons. The van der Waals surface area contributed by atoms with Gasteiger partial charge >= 0.3 is 6.03 Å². The average molecular weight is 357 g/mol. The number of carbonyl (C=O) groups excluding carboxylic acids is 3. The van der Waals surface area contributed by atoms with Gasteiger partial charge in [-0.15, -0.1) is 0 Å². The molecular formula is C18H23N5O3. The molecule has 2 N–H and O–H groups in total. The summed E-state index contributed by atoms with van der Waals surface area (Å²) in [4.78, 5) is 43.1. The normalized spacial score (nSPS) is 25.6. The third kappa shape index (κ3) is 3.49. The Hall–Kier alpha value is -2.64. The van der Waals surface area contributed by atoms with E-state index in [1.54, 1.807) is 0 Å². The van der Waals surface area contributed by atoms with E-state index in [1.807, 2.05) is 19.2 Å². The van der Waals surface area contributed by atoms with Gasteiger partial charge in [-0.05, 0) is 37.8 Å². The predicted octanol–water partition coefficient (Wildman–Crippen LogP) is 0.273. The number of anilines is 1. The zero-order chi connectivity index (χ0) is 18.3. The van der Waals surface area contributed by atoms with E-state index in [0.717, 1.165) is 24.5 Å². The van der Waals surface area contributed by atoms with Gasteiger partial charge in [0.2, 0.25) is 11.8 Å². The van der Waals surface area contributed by atoms with Crippen LogP contribution in [0.5, 0.6) is 0 Å². The van der Waals surface area contributed by atoms with Gasteiger partial charge in [-0.3, -0.25) is 19.9 Å². The zero-order valence-electron chi connectivity index (χ0n) is 14.8. The standard InChI is InChI=1S/C18H23N5O3/c1-11-6-13(4-5-19-11)22-7-14(12-2-3-12)15(8-22)20-16(24)9-23-10-17(25)21-18(23)26/h4-6,12,14-15H,2-3,7-10H2,1H3,(H,20,24)(H,21,25,26)/t14-,15+/m1/s1. The number of aromatic nitrogens is 1. The number of pyridine rings is 1. The number of aryl methyl sites for hydroxylation is 1. The molecule has 26 heavy (non-hydrogen) atoms. The molecule has 0 spiro atoms. The van der Waals surface area contributed by atoms with Crippen LogP contribution in [0.3, 0.4) is 0 Å². The summed E-state index contributed by atoms with van der Waals surface area (Å²) in [6.45, 7) is 3.51. The zero-order valence-corrected chi connectivity index (χ0v) is 14.8. The summed E-state index contributed by atoms with van der Waals surface area (Å²) in [5.74, 6) is 0.503. The molecule has 3 heterocycles. The fraction of sp³-hybridized carbons (Fsp3) is 0.556. The van der Waals surface area contributed by atoms with E-state index in [0.29, 0.717) is 11.8 Å². The van der Waals surface area contributed by atoms with E-state index < -0.39 is 6.03 Å². The van der Waals surface area contributed by atoms with Crippen molar-refractivity contribution in [3.05, 3.63) is 24.0 Å². The van der Waals surface area contributed by atoms with Crippen LogP contribution in [0.4, 0.5) is 10.5 Å². The Morgan fingerprint density at radius 2 is 2.15 bits per heavy atom. The second kappa shape index (κ2) is 6.59. The summed E-state index contributed by atoms with van der Waals surface area (Å²) in [7, 11) is 0. The minimum Gasteiger partial charge on any atom is -0.369 e. The molecule has 8 nitrogen and oxygen atoms in total. The van der Waals surface area contributed by atoms with Crippen LogP contribution < -0.4 is 15.5 Å². The summed E-state index contributed by atoms with van der Waals surface area (Å²) in [6.07, 6.45) is 4.23. The van der Waals surface area contributed by atoms with Crippen LogP contribution in [0.2, 0.25) is 0 Å². The topological polar surface area (TPSA) is 94.6 Å². The minimum atomic E-state index is -0.496. The van der Waals surface area contributed by atoms with Crippen LogP contribution >= 0.6 is 0 Å². The van der Waals surface area contributed by atoms with Gasteiger partial charge in [-0.2, -0.15) is 0 Å². The highest BCUT2D eigenvalue weighted by molar-refractivity contribution is 6.03. The first-order valence-electron chi connectivity index (χ1n) is 9.05. The van der Waals surface area contributed by atoms with E-state index in [2.05, 4.69) is 26.6 Å². The van der Waals surface area contributed by atoms with Gasteiger partial charge in [0.05, 0.1) is 6.04 Å². The van der Waals surface area contributed by atoms with Crippen molar-refractivity contribution in [1.29, 1.82) is 0 Å². The molecule has 4 amide bonds. The van der Waals surface area contributed by atoms with Gasteiger partial charge in [0.15, 0.2) is 0 Å². The lowest BCUT2D eigenvalue weighted by molar-refractivity contribution is -0.122. The van der Waals surface area contributed by atoms with Crippen molar-refractivity contribution >= 4 is 23.5 Å². The van der Waals surface area contributed by atoms with Crippen LogP contribution in [0.1, 0.15) is 18.5 Å². The molecule has 1 saturated carbocycles. The van der Waals surface area contributed by atoms with Crippen molar-refractivity contribution in [3.63, 3.8) is 0 Å². The van der Waals surface area contributed by atoms with E-state index in [1.165, 1.54) is 17.7 Å². The van der Waals surface area contributed by atoms with Gasteiger partial charge < -0.3 is 15.1 Å². The number of carbonyl (C=O) groups is 3. The molecule has 0 radical (unpaired) electrons. The minimum absolute atomic E-state index is 0.0502. The quantitative estimate of drug-likeness (QED) is 0.738. The first kappa shape index (κ1) is 16.8. The lowest BCUT2D eigenvalue weighted by atomic mass is 9.98. The molecule has 1 aliphatic carbocycles. The molecule has 2 aliphatic heterocycles. The van der Waals surface area contributed by atoms with Gasteiger partial charge in [-0.25, -0.2) is 4.79 Å². The number of imide groups is 1. The van der Waals surface area contributed by atoms with Crippen molar-refractivity contribution in [2.45, 2.75) is 25.8 Å². The SMILES string of the molecule is Cc1cc(N2C[C@H](NC(=O)CN3CC(=O)NC3=O)[C@@H](C3CC3)C2)ccn1. The Kier molecular flexibility index (Phi) is 4.26. The summed E-state index contributed by atoms with van der Waals surface area (Å²) >= 11 is 0. The van der Waals surface area contributed by atoms with E-state index in [9.17, 15) is 14.4 Å². The van der Waals surface area contributed by atoms with Crippen LogP contribution in [0.25, 0.3) is 0 Å². The number of hydrogen-bond donors (Lipinski definition) is 2. The van der Waals surface area contributed by atoms with E-state index in [-0.39, 0.29) is 30.9 Å². The average Bonchev–Trinajstić information content (AvgIpc) is 3.27. The monoisotopic (exact) mass is 357 g/mol. The Morgan fingerprint density at radius 1 is 1.35 bits per heavy atom.